The molecule has 0 unspecified atom stereocenters. The summed E-state index contributed by atoms with van der Waals surface area (Å²) >= 11 is 3.35. The molecule has 10 heteroatoms. The molecule has 0 fully saturated rings. The molecule has 30 heavy (non-hydrogen) atoms. The number of rotatable bonds is 6. The van der Waals surface area contributed by atoms with Crippen LogP contribution in [0.5, 0.6) is 17.4 Å². The molecule has 0 bridgehead atoms. The number of fused-ring (bicyclic) bond motifs is 1. The predicted octanol–water partition coefficient (Wildman–Crippen LogP) is 3.64. The van der Waals surface area contributed by atoms with Crippen molar-refractivity contribution in [3.05, 3.63) is 41.0 Å². The van der Waals surface area contributed by atoms with Crippen molar-refractivity contribution in [1.29, 1.82) is 0 Å². The number of para-hydroxylation sites is 1. The minimum atomic E-state index is 0.238. The van der Waals surface area contributed by atoms with Gasteiger partial charge in [-0.1, -0.05) is 12.1 Å². The summed E-state index contributed by atoms with van der Waals surface area (Å²) in [6, 6.07) is 11.0. The zero-order valence-electron chi connectivity index (χ0n) is 16.6. The topological polar surface area (TPSA) is 110 Å². The third-order valence-corrected chi connectivity index (χ3v) is 4.93. The van der Waals surface area contributed by atoms with E-state index in [9.17, 15) is 0 Å². The van der Waals surface area contributed by atoms with Crippen molar-refractivity contribution in [2.45, 2.75) is 6.92 Å². The van der Waals surface area contributed by atoms with Crippen LogP contribution < -0.4 is 19.9 Å². The quantitative estimate of drug-likeness (QED) is 0.454. The largest absolute Gasteiger partial charge is 0.494 e. The highest BCUT2D eigenvalue weighted by molar-refractivity contribution is 9.10. The number of imidazole rings is 1. The van der Waals surface area contributed by atoms with E-state index in [1.807, 2.05) is 37.3 Å². The van der Waals surface area contributed by atoms with Gasteiger partial charge in [0.1, 0.15) is 22.9 Å². The van der Waals surface area contributed by atoms with Crippen molar-refractivity contribution in [2.75, 3.05) is 26.6 Å². The first-order valence-corrected chi connectivity index (χ1v) is 9.89. The van der Waals surface area contributed by atoms with Gasteiger partial charge in [-0.25, -0.2) is 19.9 Å². The van der Waals surface area contributed by atoms with Crippen LogP contribution in [-0.4, -0.2) is 45.3 Å². The molecule has 0 saturated carbocycles. The zero-order chi connectivity index (χ0) is 21.3. The number of hydrogen-bond acceptors (Lipinski definition) is 8. The first-order chi connectivity index (χ1) is 14.6. The van der Waals surface area contributed by atoms with E-state index in [0.29, 0.717) is 57.1 Å². The minimum Gasteiger partial charge on any atom is -0.494 e. The lowest BCUT2D eigenvalue weighted by atomic mass is 10.2. The van der Waals surface area contributed by atoms with Crippen LogP contribution in [0.25, 0.3) is 28.5 Å². The van der Waals surface area contributed by atoms with Crippen LogP contribution in [0.3, 0.4) is 0 Å². The molecule has 0 aliphatic carbocycles. The molecular formula is C20H19BrN6O3. The van der Waals surface area contributed by atoms with Crippen molar-refractivity contribution in [3.63, 3.8) is 0 Å². The first kappa shape index (κ1) is 19.9. The number of hydrogen-bond donors (Lipinski definition) is 1. The molecule has 3 heterocycles. The maximum absolute atomic E-state index is 5.94. The molecule has 1 aromatic carbocycles. The van der Waals surface area contributed by atoms with E-state index < -0.39 is 0 Å². The number of nitrogen functional groups attached to an aromatic ring is 1. The fraction of sp³-hybridized carbons (Fsp3) is 0.200. The smallest absolute Gasteiger partial charge is 0.213 e. The maximum Gasteiger partial charge on any atom is 0.213 e. The second kappa shape index (κ2) is 8.15. The number of benzene rings is 1. The maximum atomic E-state index is 5.94. The molecule has 2 N–H and O–H groups in total. The summed E-state index contributed by atoms with van der Waals surface area (Å²) in [5.41, 5.74) is 7.97. The van der Waals surface area contributed by atoms with Gasteiger partial charge in [0.25, 0.3) is 0 Å². The molecule has 9 nitrogen and oxygen atoms in total. The Balaban J connectivity index is 2.09. The van der Waals surface area contributed by atoms with Gasteiger partial charge >= 0.3 is 0 Å². The van der Waals surface area contributed by atoms with E-state index in [1.54, 1.807) is 24.9 Å². The standard InChI is InChI=1S/C20H19BrN6O3/c1-4-30-14-10-5-7-11(23-14)19-26-18-20(24-16(21)17(22)25-18)27(19)15-12(28-2)8-6-9-13(15)29-3/h5-10H,4H2,1-3H3,(H2,22,25). The number of ether oxygens (including phenoxy) is 3. The van der Waals surface area contributed by atoms with Crippen LogP contribution in [0.2, 0.25) is 0 Å². The van der Waals surface area contributed by atoms with Gasteiger partial charge in [-0.3, -0.25) is 4.57 Å². The number of nitrogens with zero attached hydrogens (tertiary/aromatic N) is 5. The van der Waals surface area contributed by atoms with Crippen LogP contribution in [-0.2, 0) is 0 Å². The van der Waals surface area contributed by atoms with Gasteiger partial charge in [0.2, 0.25) is 11.5 Å². The van der Waals surface area contributed by atoms with Crippen LogP contribution in [0.15, 0.2) is 41.0 Å². The zero-order valence-corrected chi connectivity index (χ0v) is 18.2. The lowest BCUT2D eigenvalue weighted by Crippen LogP contribution is -2.06. The van der Waals surface area contributed by atoms with Gasteiger partial charge in [0.05, 0.1) is 20.8 Å². The molecule has 0 amide bonds. The Bertz CT molecular complexity index is 1200. The Kier molecular flexibility index (Phi) is 5.40. The Hall–Kier alpha value is -3.40. The highest BCUT2D eigenvalue weighted by Crippen LogP contribution is 2.38. The molecule has 0 saturated heterocycles. The average Bonchev–Trinajstić information content (AvgIpc) is 3.11. The second-order valence-corrected chi connectivity index (χ2v) is 6.87. The van der Waals surface area contributed by atoms with Gasteiger partial charge < -0.3 is 19.9 Å². The average molecular weight is 471 g/mol. The third-order valence-electron chi connectivity index (χ3n) is 4.35. The number of anilines is 1. The highest BCUT2D eigenvalue weighted by atomic mass is 79.9. The molecule has 0 aliphatic rings. The first-order valence-electron chi connectivity index (χ1n) is 9.10. The Morgan fingerprint density at radius 3 is 2.33 bits per heavy atom. The summed E-state index contributed by atoms with van der Waals surface area (Å²) < 4.78 is 19.0. The molecule has 0 atom stereocenters. The molecular weight excluding hydrogens is 452 g/mol. The molecule has 3 aromatic heterocycles. The van der Waals surface area contributed by atoms with E-state index in [2.05, 4.69) is 35.9 Å². The molecule has 0 spiro atoms. The summed E-state index contributed by atoms with van der Waals surface area (Å²) in [5, 5.41) is 0. The van der Waals surface area contributed by atoms with Crippen molar-refractivity contribution in [1.82, 2.24) is 24.5 Å². The monoisotopic (exact) mass is 470 g/mol. The molecule has 0 radical (unpaired) electrons. The third kappa shape index (κ3) is 3.39. The lowest BCUT2D eigenvalue weighted by molar-refractivity contribution is 0.327. The number of methoxy groups -OCH3 is 2. The number of nitrogens with two attached hydrogens (primary N) is 1. The van der Waals surface area contributed by atoms with Gasteiger partial charge in [-0.05, 0) is 41.1 Å². The summed E-state index contributed by atoms with van der Waals surface area (Å²) in [4.78, 5) is 18.2. The van der Waals surface area contributed by atoms with Crippen LogP contribution in [0, 0.1) is 0 Å². The number of aromatic nitrogens is 5. The lowest BCUT2D eigenvalue weighted by Gasteiger charge is -2.16. The number of pyridine rings is 1. The second-order valence-electron chi connectivity index (χ2n) is 6.12. The molecule has 154 valence electrons. The summed E-state index contributed by atoms with van der Waals surface area (Å²) in [7, 11) is 3.18. The van der Waals surface area contributed by atoms with Gasteiger partial charge in [0, 0.05) is 6.07 Å². The van der Waals surface area contributed by atoms with Crippen molar-refractivity contribution in [2.24, 2.45) is 0 Å². The highest BCUT2D eigenvalue weighted by Gasteiger charge is 2.24. The molecule has 0 aliphatic heterocycles. The summed E-state index contributed by atoms with van der Waals surface area (Å²) in [6.07, 6.45) is 0. The normalized spacial score (nSPS) is 10.9. The molecule has 4 rings (SSSR count). The van der Waals surface area contributed by atoms with Gasteiger partial charge in [0.15, 0.2) is 21.9 Å². The fourth-order valence-electron chi connectivity index (χ4n) is 3.09. The predicted molar refractivity (Wildman–Crippen MR) is 116 cm³/mol. The van der Waals surface area contributed by atoms with Crippen LogP contribution >= 0.6 is 15.9 Å². The van der Waals surface area contributed by atoms with Gasteiger partial charge in [-0.2, -0.15) is 0 Å². The van der Waals surface area contributed by atoms with Crippen molar-refractivity contribution in [3.8, 4) is 34.6 Å². The van der Waals surface area contributed by atoms with E-state index in [4.69, 9.17) is 19.9 Å². The Morgan fingerprint density at radius 2 is 1.67 bits per heavy atom. The van der Waals surface area contributed by atoms with E-state index >= 15 is 0 Å². The minimum absolute atomic E-state index is 0.238. The Morgan fingerprint density at radius 1 is 0.967 bits per heavy atom. The van der Waals surface area contributed by atoms with Crippen molar-refractivity contribution >= 4 is 33.0 Å². The summed E-state index contributed by atoms with van der Waals surface area (Å²) in [6.45, 7) is 2.40. The van der Waals surface area contributed by atoms with Crippen LogP contribution in [0.1, 0.15) is 6.92 Å². The van der Waals surface area contributed by atoms with E-state index in [1.165, 1.54) is 0 Å². The SMILES string of the molecule is CCOc1cccc(-c2nc3nc(N)c(Br)nc3n2-c2c(OC)cccc2OC)n1. The van der Waals surface area contributed by atoms with Gasteiger partial charge in [-0.15, -0.1) is 0 Å². The fourth-order valence-corrected chi connectivity index (χ4v) is 3.35. The molecule has 4 aromatic rings. The van der Waals surface area contributed by atoms with E-state index in [0.717, 1.165) is 0 Å². The van der Waals surface area contributed by atoms with E-state index in [-0.39, 0.29) is 5.82 Å². The Labute approximate surface area is 181 Å². The van der Waals surface area contributed by atoms with Crippen molar-refractivity contribution < 1.29 is 14.2 Å². The van der Waals surface area contributed by atoms with Crippen LogP contribution in [0.4, 0.5) is 5.82 Å². The summed E-state index contributed by atoms with van der Waals surface area (Å²) in [5.74, 6) is 2.37. The number of halogens is 1.